The van der Waals surface area contributed by atoms with Crippen molar-refractivity contribution < 1.29 is 32.3 Å². The van der Waals surface area contributed by atoms with Gasteiger partial charge in [-0.15, -0.1) is 0 Å². The molecule has 0 amide bonds. The molecular formula is C55H69NO7S. The molecule has 8 nitrogen and oxygen atoms in total. The normalized spacial score (nSPS) is 24.4. The van der Waals surface area contributed by atoms with Crippen molar-refractivity contribution in [2.45, 2.75) is 134 Å². The third-order valence-corrected chi connectivity index (χ3v) is 17.3. The Morgan fingerprint density at radius 3 is 1.45 bits per heavy atom. The molecule has 2 aliphatic carbocycles. The van der Waals surface area contributed by atoms with Crippen molar-refractivity contribution in [3.8, 4) is 0 Å². The lowest BCUT2D eigenvalue weighted by Crippen LogP contribution is -2.49. The van der Waals surface area contributed by atoms with E-state index in [0.717, 1.165) is 42.4 Å². The van der Waals surface area contributed by atoms with Crippen LogP contribution in [0.2, 0.25) is 0 Å². The van der Waals surface area contributed by atoms with E-state index in [1.54, 1.807) is 36.4 Å². The lowest BCUT2D eigenvalue weighted by molar-refractivity contribution is -0.178. The summed E-state index contributed by atoms with van der Waals surface area (Å²) in [6.45, 7) is 15.4. The Bertz CT molecular complexity index is 2210. The minimum atomic E-state index is -3.79. The van der Waals surface area contributed by atoms with E-state index in [9.17, 15) is 8.42 Å². The highest BCUT2D eigenvalue weighted by atomic mass is 32.2. The van der Waals surface area contributed by atoms with Gasteiger partial charge in [0.15, 0.2) is 5.92 Å². The molecule has 0 radical (unpaired) electrons. The zero-order valence-electron chi connectivity index (χ0n) is 39.0. The Morgan fingerprint density at radius 1 is 0.594 bits per heavy atom. The molecule has 1 heterocycles. The fourth-order valence-electron chi connectivity index (χ4n) is 11.2. The first-order valence-corrected chi connectivity index (χ1v) is 25.1. The van der Waals surface area contributed by atoms with Crippen molar-refractivity contribution in [2.75, 3.05) is 13.1 Å². The Morgan fingerprint density at radius 2 is 1.02 bits per heavy atom. The molecular weight excluding hydrogens is 819 g/mol. The van der Waals surface area contributed by atoms with Gasteiger partial charge in [-0.1, -0.05) is 163 Å². The molecule has 0 spiro atoms. The number of ether oxygens (including phenoxy) is 2. The smallest absolute Gasteiger partial charge is 0.321 e. The number of nitrogens with zero attached hydrogens (tertiary/aromatic N) is 1. The number of ketones is 1. The molecule has 0 aromatic heterocycles. The van der Waals surface area contributed by atoms with Crippen LogP contribution in [0.15, 0.2) is 120 Å². The van der Waals surface area contributed by atoms with Gasteiger partial charge in [0.25, 0.3) is 0 Å². The third-order valence-electron chi connectivity index (χ3n) is 15.4. The van der Waals surface area contributed by atoms with Gasteiger partial charge in [-0.05, 0) is 96.9 Å². The average Bonchev–Trinajstić information content (AvgIpc) is 3.28. The third kappa shape index (κ3) is 10.3. The Balaban J connectivity index is 1.24. The van der Waals surface area contributed by atoms with Gasteiger partial charge in [0, 0.05) is 30.8 Å². The maximum Gasteiger partial charge on any atom is 0.321 e. The first-order chi connectivity index (χ1) is 30.5. The molecule has 1 aliphatic heterocycles. The van der Waals surface area contributed by atoms with Gasteiger partial charge in [-0.25, -0.2) is 8.42 Å². The lowest BCUT2D eigenvalue weighted by Gasteiger charge is -2.45. The van der Waals surface area contributed by atoms with Crippen molar-refractivity contribution in [3.63, 3.8) is 0 Å². The second-order valence-corrected chi connectivity index (χ2v) is 22.4. The van der Waals surface area contributed by atoms with Crippen LogP contribution in [0.5, 0.6) is 0 Å². The van der Waals surface area contributed by atoms with Crippen molar-refractivity contribution >= 4 is 27.7 Å². The molecule has 4 aromatic rings. The Kier molecular flexibility index (Phi) is 14.7. The van der Waals surface area contributed by atoms with Crippen LogP contribution in [0.4, 0.5) is 0 Å². The largest absolute Gasteiger partial charge is 0.461 e. The van der Waals surface area contributed by atoms with Crippen LogP contribution < -0.4 is 0 Å². The number of sulfonamides is 1. The van der Waals surface area contributed by atoms with E-state index in [1.807, 2.05) is 61.5 Å². The second-order valence-electron chi connectivity index (χ2n) is 20.4. The number of aryl methyl sites for hydroxylation is 1. The number of esters is 2. The summed E-state index contributed by atoms with van der Waals surface area (Å²) in [6.07, 6.45) is 4.46. The maximum atomic E-state index is 15.4. The highest BCUT2D eigenvalue weighted by molar-refractivity contribution is 7.89. The number of benzene rings is 4. The van der Waals surface area contributed by atoms with Gasteiger partial charge in [0.05, 0.1) is 10.8 Å². The van der Waals surface area contributed by atoms with Gasteiger partial charge in [0.1, 0.15) is 18.0 Å². The summed E-state index contributed by atoms with van der Waals surface area (Å²) in [5.41, 5.74) is 3.11. The van der Waals surface area contributed by atoms with E-state index in [0.29, 0.717) is 30.2 Å². The quantitative estimate of drug-likeness (QED) is 0.0917. The topological polar surface area (TPSA) is 107 Å². The minimum absolute atomic E-state index is 0.0346. The van der Waals surface area contributed by atoms with Gasteiger partial charge < -0.3 is 9.47 Å². The fraction of sp³-hybridized carbons (Fsp3) is 0.509. The van der Waals surface area contributed by atoms with Crippen LogP contribution in [0, 0.1) is 42.4 Å². The summed E-state index contributed by atoms with van der Waals surface area (Å²) >= 11 is 0. The highest BCUT2D eigenvalue weighted by Gasteiger charge is 2.51. The van der Waals surface area contributed by atoms with E-state index in [4.69, 9.17) is 9.47 Å². The van der Waals surface area contributed by atoms with Crippen LogP contribution in [-0.2, 0) is 44.7 Å². The minimum Gasteiger partial charge on any atom is -0.461 e. The number of rotatable bonds is 14. The maximum absolute atomic E-state index is 15.4. The van der Waals surface area contributed by atoms with Crippen LogP contribution >= 0.6 is 0 Å². The van der Waals surface area contributed by atoms with Gasteiger partial charge >= 0.3 is 11.9 Å². The number of carbonyl (C=O) groups is 3. The molecule has 342 valence electrons. The average molecular weight is 888 g/mol. The summed E-state index contributed by atoms with van der Waals surface area (Å²) in [5, 5.41) is 0. The predicted octanol–water partition coefficient (Wildman–Crippen LogP) is 11.0. The van der Waals surface area contributed by atoms with E-state index in [-0.39, 0.29) is 59.3 Å². The predicted molar refractivity (Wildman–Crippen MR) is 252 cm³/mol. The molecule has 7 rings (SSSR count). The molecule has 1 saturated heterocycles. The SMILES string of the molecule is Cc1ccc(S(=O)(=O)N2CCC(C(=O)[C@H](c3ccccc3)C(C(=O)O[C@@H]3C[C@H](C)CC[C@H]3C(C)(C)c3ccccc3)C(=O)O[C@@H]3C[C@H](C)CC[C@H]3C(C)(C)c3ccccc3)CC2)cc1. The second kappa shape index (κ2) is 19.9. The molecule has 0 N–H and O–H groups in total. The zero-order valence-corrected chi connectivity index (χ0v) is 39.8. The van der Waals surface area contributed by atoms with E-state index < -0.39 is 51.9 Å². The molecule has 4 aromatic carbocycles. The van der Waals surface area contributed by atoms with Gasteiger partial charge in [0.2, 0.25) is 10.0 Å². The van der Waals surface area contributed by atoms with Crippen molar-refractivity contribution in [1.82, 2.24) is 4.31 Å². The molecule has 9 heteroatoms. The van der Waals surface area contributed by atoms with Crippen molar-refractivity contribution in [2.24, 2.45) is 35.5 Å². The zero-order chi connectivity index (χ0) is 45.8. The first-order valence-electron chi connectivity index (χ1n) is 23.7. The van der Waals surface area contributed by atoms with Crippen LogP contribution in [0.3, 0.4) is 0 Å². The molecule has 2 saturated carbocycles. The lowest BCUT2D eigenvalue weighted by atomic mass is 9.64. The monoisotopic (exact) mass is 887 g/mol. The highest BCUT2D eigenvalue weighted by Crippen LogP contribution is 2.47. The summed E-state index contributed by atoms with van der Waals surface area (Å²) < 4.78 is 42.3. The molecule has 0 bridgehead atoms. The molecule has 3 aliphatic rings. The van der Waals surface area contributed by atoms with Gasteiger partial charge in [-0.2, -0.15) is 4.31 Å². The molecule has 3 fully saturated rings. The summed E-state index contributed by atoms with van der Waals surface area (Å²) in [4.78, 5) is 46.3. The van der Waals surface area contributed by atoms with Gasteiger partial charge in [-0.3, -0.25) is 14.4 Å². The first kappa shape index (κ1) is 47.4. The molecule has 0 unspecified atom stereocenters. The standard InChI is InChI=1S/C55H69NO7S/c1-37-23-27-44(28-24-37)64(60,61)56-33-31-41(32-34-56)51(57)49(40-17-11-8-12-18-40)50(52(58)62-47-35-38(2)25-29-45(47)54(4,5)42-19-13-9-14-20-42)53(59)63-48-36-39(3)26-30-46(48)55(6,7)43-21-15-10-16-22-43/h8-24,27-28,38-39,41,45-50H,25-26,29-36H2,1-7H3/t38-,39-,45-,46-,47-,48-,49-/m1/s1. The summed E-state index contributed by atoms with van der Waals surface area (Å²) in [5.74, 6) is -4.59. The van der Waals surface area contributed by atoms with E-state index >= 15 is 14.4 Å². The Hall–Kier alpha value is -4.60. The van der Waals surface area contributed by atoms with E-state index in [1.165, 1.54) is 4.31 Å². The number of Topliss-reactive ketones (excluding diaryl/α,β-unsaturated/α-hetero) is 1. The van der Waals surface area contributed by atoms with E-state index in [2.05, 4.69) is 65.8 Å². The number of carbonyl (C=O) groups excluding carboxylic acids is 3. The summed E-state index contributed by atoms with van der Waals surface area (Å²) in [7, 11) is -3.79. The van der Waals surface area contributed by atoms with Crippen LogP contribution in [0.25, 0.3) is 0 Å². The van der Waals surface area contributed by atoms with Crippen molar-refractivity contribution in [3.05, 3.63) is 138 Å². The number of piperidine rings is 1. The Labute approximate surface area is 382 Å². The molecule has 7 atom stereocenters. The molecule has 64 heavy (non-hydrogen) atoms. The van der Waals surface area contributed by atoms with Crippen LogP contribution in [0.1, 0.15) is 121 Å². The number of hydrogen-bond acceptors (Lipinski definition) is 7. The fourth-order valence-corrected chi connectivity index (χ4v) is 12.7. The number of hydrogen-bond donors (Lipinski definition) is 0. The summed E-state index contributed by atoms with van der Waals surface area (Å²) in [6, 6.07) is 36.5. The van der Waals surface area contributed by atoms with Crippen LogP contribution in [-0.4, -0.2) is 55.7 Å². The van der Waals surface area contributed by atoms with Crippen molar-refractivity contribution in [1.29, 1.82) is 0 Å².